The summed E-state index contributed by atoms with van der Waals surface area (Å²) in [4.78, 5) is 40.5. The van der Waals surface area contributed by atoms with Gasteiger partial charge in [-0.1, -0.05) is 0 Å². The highest BCUT2D eigenvalue weighted by Crippen LogP contribution is 1.92. The minimum Gasteiger partial charge on any atom is -0.483 e. The van der Waals surface area contributed by atoms with E-state index in [1.165, 1.54) is 0 Å². The fourth-order valence-corrected chi connectivity index (χ4v) is 1.27. The number of carboxylic acid groups (broad SMARTS) is 2. The number of carboxylic acids is 1. The first-order chi connectivity index (χ1) is 9.97. The van der Waals surface area contributed by atoms with Crippen LogP contribution in [0.2, 0.25) is 0 Å². The maximum Gasteiger partial charge on any atom is 0.418 e. The molecule has 0 radical (unpaired) electrons. The number of hydrogen-bond donors (Lipinski definition) is 5. The van der Waals surface area contributed by atoms with E-state index in [0.717, 1.165) is 12.1 Å². The van der Waals surface area contributed by atoms with Crippen LogP contribution < -0.4 is 14.8 Å². The Morgan fingerprint density at radius 2 is 1.95 bits per heavy atom. The van der Waals surface area contributed by atoms with Crippen molar-refractivity contribution in [3.8, 4) is 0 Å². The van der Waals surface area contributed by atoms with E-state index in [2.05, 4.69) is 19.5 Å². The molecule has 0 heterocycles. The average Bonchev–Trinajstić information content (AvgIpc) is 2.41. The van der Waals surface area contributed by atoms with E-state index in [1.807, 2.05) is 0 Å². The van der Waals surface area contributed by atoms with Crippen LogP contribution in [0.1, 0.15) is 19.8 Å². The van der Waals surface area contributed by atoms with Gasteiger partial charge in [0, 0.05) is 25.1 Å². The van der Waals surface area contributed by atoms with E-state index < -0.39 is 12.1 Å². The van der Waals surface area contributed by atoms with E-state index in [-0.39, 0.29) is 38.4 Å². The highest BCUT2D eigenvalue weighted by atomic mass is 32.2. The SMILES string of the molecule is CCNC(=O)CNSNC(=O)OCCCC(=O)O.O=CO. The summed E-state index contributed by atoms with van der Waals surface area (Å²) >= 11 is 0.828. The topological polar surface area (TPSA) is 154 Å². The Hall–Kier alpha value is -2.01. The molecule has 2 amide bonds. The molecule has 0 aromatic heterocycles. The molecule has 0 aliphatic heterocycles. The van der Waals surface area contributed by atoms with Crippen molar-refractivity contribution < 1.29 is 34.1 Å². The Balaban J connectivity index is 0. The average molecular weight is 325 g/mol. The van der Waals surface area contributed by atoms with Gasteiger partial charge in [0.2, 0.25) is 5.91 Å². The lowest BCUT2D eigenvalue weighted by Crippen LogP contribution is -2.33. The Labute approximate surface area is 125 Å². The second-order valence-electron chi connectivity index (χ2n) is 3.22. The third-order valence-electron chi connectivity index (χ3n) is 1.58. The second-order valence-corrected chi connectivity index (χ2v) is 3.91. The largest absolute Gasteiger partial charge is 0.483 e. The summed E-state index contributed by atoms with van der Waals surface area (Å²) < 4.78 is 9.57. The van der Waals surface area contributed by atoms with Gasteiger partial charge in [-0.3, -0.25) is 19.1 Å². The van der Waals surface area contributed by atoms with Crippen molar-refractivity contribution in [1.29, 1.82) is 0 Å². The number of nitrogens with one attached hydrogen (secondary N) is 3. The summed E-state index contributed by atoms with van der Waals surface area (Å²) in [6.07, 6.45) is -0.468. The summed E-state index contributed by atoms with van der Waals surface area (Å²) in [5, 5.41) is 17.8. The lowest BCUT2D eigenvalue weighted by molar-refractivity contribution is -0.137. The molecule has 0 aliphatic carbocycles. The molecule has 0 spiro atoms. The number of carbonyl (C=O) groups excluding carboxylic acids is 2. The van der Waals surface area contributed by atoms with Crippen LogP contribution in [0.15, 0.2) is 0 Å². The lowest BCUT2D eigenvalue weighted by atomic mass is 10.3. The molecule has 122 valence electrons. The van der Waals surface area contributed by atoms with Crippen LogP contribution in [-0.2, 0) is 19.1 Å². The smallest absolute Gasteiger partial charge is 0.418 e. The Bertz CT molecular complexity index is 328. The van der Waals surface area contributed by atoms with Crippen molar-refractivity contribution >= 4 is 36.6 Å². The maximum atomic E-state index is 11.0. The molecule has 0 atom stereocenters. The third kappa shape index (κ3) is 20.5. The van der Waals surface area contributed by atoms with Gasteiger partial charge in [0.1, 0.15) is 0 Å². The summed E-state index contributed by atoms with van der Waals surface area (Å²) in [5.74, 6) is -1.11. The molecule has 5 N–H and O–H groups in total. The summed E-state index contributed by atoms with van der Waals surface area (Å²) in [6, 6.07) is 0. The van der Waals surface area contributed by atoms with Crippen LogP contribution >= 0.6 is 12.1 Å². The Morgan fingerprint density at radius 3 is 2.48 bits per heavy atom. The van der Waals surface area contributed by atoms with Crippen LogP contribution in [0.4, 0.5) is 4.79 Å². The van der Waals surface area contributed by atoms with Crippen molar-refractivity contribution in [2.24, 2.45) is 0 Å². The van der Waals surface area contributed by atoms with Gasteiger partial charge in [0.05, 0.1) is 13.2 Å². The van der Waals surface area contributed by atoms with Crippen molar-refractivity contribution in [2.75, 3.05) is 19.7 Å². The van der Waals surface area contributed by atoms with Crippen molar-refractivity contribution in [2.45, 2.75) is 19.8 Å². The fourth-order valence-electron chi connectivity index (χ4n) is 0.857. The first kappa shape index (κ1) is 21.3. The van der Waals surface area contributed by atoms with Gasteiger partial charge < -0.3 is 20.3 Å². The first-order valence-corrected chi connectivity index (χ1v) is 6.67. The highest BCUT2D eigenvalue weighted by Gasteiger charge is 2.04. The molecular formula is C10H19N3O7S. The van der Waals surface area contributed by atoms with Crippen molar-refractivity contribution in [3.05, 3.63) is 0 Å². The second kappa shape index (κ2) is 16.0. The monoisotopic (exact) mass is 325 g/mol. The molecular weight excluding hydrogens is 306 g/mol. The highest BCUT2D eigenvalue weighted by molar-refractivity contribution is 7.96. The molecule has 0 aromatic carbocycles. The predicted molar refractivity (Wildman–Crippen MR) is 74.3 cm³/mol. The van der Waals surface area contributed by atoms with E-state index in [0.29, 0.717) is 6.54 Å². The lowest BCUT2D eigenvalue weighted by Gasteiger charge is -2.06. The Morgan fingerprint density at radius 1 is 1.33 bits per heavy atom. The van der Waals surface area contributed by atoms with Crippen LogP contribution in [0, 0.1) is 0 Å². The van der Waals surface area contributed by atoms with E-state index in [4.69, 9.17) is 15.0 Å². The summed E-state index contributed by atoms with van der Waals surface area (Å²) in [7, 11) is 0. The predicted octanol–water partition coefficient (Wildman–Crippen LogP) is -0.433. The fraction of sp³-hybridized carbons (Fsp3) is 0.600. The number of likely N-dealkylation sites (N-methyl/N-ethyl adjacent to an activating group) is 1. The van der Waals surface area contributed by atoms with Gasteiger partial charge in [-0.2, -0.15) is 0 Å². The zero-order valence-corrected chi connectivity index (χ0v) is 12.3. The van der Waals surface area contributed by atoms with Gasteiger partial charge in [0.15, 0.2) is 0 Å². The van der Waals surface area contributed by atoms with Crippen LogP contribution in [0.25, 0.3) is 0 Å². The normalized spacial score (nSPS) is 8.81. The van der Waals surface area contributed by atoms with Crippen LogP contribution in [0.5, 0.6) is 0 Å². The van der Waals surface area contributed by atoms with Gasteiger partial charge in [-0.05, 0) is 13.3 Å². The van der Waals surface area contributed by atoms with Gasteiger partial charge in [-0.15, -0.1) is 0 Å². The molecule has 0 unspecified atom stereocenters. The van der Waals surface area contributed by atoms with Crippen LogP contribution in [-0.4, -0.2) is 54.4 Å². The van der Waals surface area contributed by atoms with E-state index in [1.54, 1.807) is 6.92 Å². The number of amides is 2. The molecule has 0 rings (SSSR count). The molecule has 11 heteroatoms. The molecule has 10 nitrogen and oxygen atoms in total. The number of carbonyl (C=O) groups is 4. The zero-order chi connectivity index (χ0) is 16.5. The summed E-state index contributed by atoms with van der Waals surface area (Å²) in [6.45, 7) is 2.20. The number of aliphatic carboxylic acids is 1. The Kier molecular flexibility index (Phi) is 16.3. The van der Waals surface area contributed by atoms with Crippen molar-refractivity contribution in [3.63, 3.8) is 0 Å². The van der Waals surface area contributed by atoms with Gasteiger partial charge in [0.25, 0.3) is 6.47 Å². The number of ether oxygens (including phenoxy) is 1. The third-order valence-corrected chi connectivity index (χ3v) is 2.14. The molecule has 0 bridgehead atoms. The first-order valence-electron chi connectivity index (χ1n) is 5.85. The molecule has 0 saturated heterocycles. The molecule has 21 heavy (non-hydrogen) atoms. The minimum atomic E-state index is -0.933. The number of rotatable bonds is 9. The van der Waals surface area contributed by atoms with Crippen molar-refractivity contribution in [1.82, 2.24) is 14.8 Å². The number of hydrogen-bond acceptors (Lipinski definition) is 7. The summed E-state index contributed by atoms with van der Waals surface area (Å²) in [5.41, 5.74) is 0. The van der Waals surface area contributed by atoms with E-state index in [9.17, 15) is 14.4 Å². The molecule has 0 saturated carbocycles. The van der Waals surface area contributed by atoms with Crippen LogP contribution in [0.3, 0.4) is 0 Å². The zero-order valence-electron chi connectivity index (χ0n) is 11.5. The molecule has 0 aliphatic rings. The molecule has 0 aromatic rings. The maximum absolute atomic E-state index is 11.0. The van der Waals surface area contributed by atoms with E-state index >= 15 is 0 Å². The quantitative estimate of drug-likeness (QED) is 0.216. The standard InChI is InChI=1S/C9H17N3O5S.CH2O2/c1-2-10-7(13)6-11-18-12-9(16)17-5-3-4-8(14)15;2-1-3/h11H,2-6H2,1H3,(H,10,13)(H,12,16)(H,14,15);1H,(H,2,3). The minimum absolute atomic E-state index is 0.0367. The van der Waals surface area contributed by atoms with Gasteiger partial charge >= 0.3 is 12.1 Å². The molecule has 0 fully saturated rings. The van der Waals surface area contributed by atoms with Gasteiger partial charge in [-0.25, -0.2) is 9.52 Å².